The topological polar surface area (TPSA) is 67.2 Å². The summed E-state index contributed by atoms with van der Waals surface area (Å²) in [6.45, 7) is 15.1. The van der Waals surface area contributed by atoms with Crippen LogP contribution in [-0.2, 0) is 16.6 Å². The molecule has 0 saturated carbocycles. The zero-order chi connectivity index (χ0) is 26.5. The van der Waals surface area contributed by atoms with E-state index in [1.54, 1.807) is 9.58 Å². The molecule has 0 spiro atoms. The van der Waals surface area contributed by atoms with Gasteiger partial charge in [0.05, 0.1) is 11.4 Å². The molecule has 1 N–H and O–H groups in total. The van der Waals surface area contributed by atoms with Crippen molar-refractivity contribution in [2.24, 2.45) is 5.92 Å². The summed E-state index contributed by atoms with van der Waals surface area (Å²) in [5, 5.41) is 7.86. The first-order valence-electron chi connectivity index (χ1n) is 12.8. The van der Waals surface area contributed by atoms with Gasteiger partial charge in [-0.15, -0.1) is 0 Å². The number of benzene rings is 2. The Kier molecular flexibility index (Phi) is 8.72. The maximum absolute atomic E-state index is 13.3. The third-order valence-electron chi connectivity index (χ3n) is 6.30. The number of hydrogen-bond acceptors (Lipinski definition) is 3. The van der Waals surface area contributed by atoms with Crippen molar-refractivity contribution < 1.29 is 9.59 Å². The molecule has 36 heavy (non-hydrogen) atoms. The van der Waals surface area contributed by atoms with E-state index >= 15 is 0 Å². The van der Waals surface area contributed by atoms with E-state index in [1.165, 1.54) is 5.56 Å². The Morgan fingerprint density at radius 1 is 1.06 bits per heavy atom. The van der Waals surface area contributed by atoms with Crippen LogP contribution in [0.5, 0.6) is 0 Å². The molecule has 0 aliphatic heterocycles. The molecule has 0 saturated heterocycles. The lowest BCUT2D eigenvalue weighted by atomic mass is 9.92. The summed E-state index contributed by atoms with van der Waals surface area (Å²) in [5.74, 6) is 0.647. The van der Waals surface area contributed by atoms with Gasteiger partial charge in [0.25, 0.3) is 5.91 Å². The lowest BCUT2D eigenvalue weighted by molar-refractivity contribution is -0.117. The normalized spacial score (nSPS) is 11.6. The molecule has 0 atom stereocenters. The number of nitrogens with zero attached hydrogens (tertiary/aromatic N) is 3. The van der Waals surface area contributed by atoms with E-state index < -0.39 is 0 Å². The molecule has 1 aromatic heterocycles. The highest BCUT2D eigenvalue weighted by atomic mass is 16.2. The van der Waals surface area contributed by atoms with Gasteiger partial charge < -0.3 is 10.2 Å². The maximum Gasteiger partial charge on any atom is 0.254 e. The fourth-order valence-corrected chi connectivity index (χ4v) is 3.91. The van der Waals surface area contributed by atoms with Gasteiger partial charge in [-0.2, -0.15) is 5.10 Å². The van der Waals surface area contributed by atoms with Gasteiger partial charge in [-0.3, -0.25) is 9.59 Å². The van der Waals surface area contributed by atoms with Gasteiger partial charge in [-0.05, 0) is 55.0 Å². The highest BCUT2D eigenvalue weighted by Gasteiger charge is 2.24. The van der Waals surface area contributed by atoms with E-state index in [0.717, 1.165) is 29.8 Å². The van der Waals surface area contributed by atoms with Crippen LogP contribution in [0.4, 0.5) is 5.82 Å². The van der Waals surface area contributed by atoms with E-state index in [1.807, 2.05) is 61.5 Å². The van der Waals surface area contributed by atoms with Crippen LogP contribution >= 0.6 is 0 Å². The summed E-state index contributed by atoms with van der Waals surface area (Å²) >= 11 is 0. The molecule has 0 aliphatic carbocycles. The van der Waals surface area contributed by atoms with Crippen LogP contribution in [0.2, 0.25) is 0 Å². The molecule has 2 aromatic carbocycles. The Balaban J connectivity index is 1.86. The van der Waals surface area contributed by atoms with Crippen molar-refractivity contribution in [1.29, 1.82) is 0 Å². The summed E-state index contributed by atoms with van der Waals surface area (Å²) in [5.41, 5.74) is 4.44. The molecule has 0 radical (unpaired) electrons. The van der Waals surface area contributed by atoms with Crippen molar-refractivity contribution in [3.05, 3.63) is 77.0 Å². The monoisotopic (exact) mass is 488 g/mol. The van der Waals surface area contributed by atoms with E-state index in [4.69, 9.17) is 5.10 Å². The van der Waals surface area contributed by atoms with Gasteiger partial charge >= 0.3 is 0 Å². The van der Waals surface area contributed by atoms with Crippen molar-refractivity contribution >= 4 is 17.6 Å². The molecule has 1 heterocycles. The fourth-order valence-electron chi connectivity index (χ4n) is 3.91. The molecular formula is C30H40N4O2. The van der Waals surface area contributed by atoms with Crippen molar-refractivity contribution in [3.8, 4) is 5.69 Å². The number of rotatable bonds is 9. The van der Waals surface area contributed by atoms with Crippen LogP contribution in [0.25, 0.3) is 5.69 Å². The number of aryl methyl sites for hydroxylation is 2. The lowest BCUT2D eigenvalue weighted by Gasteiger charge is -2.23. The van der Waals surface area contributed by atoms with Gasteiger partial charge in [0.1, 0.15) is 12.4 Å². The minimum atomic E-state index is -0.243. The lowest BCUT2D eigenvalue weighted by Crippen LogP contribution is -2.39. The standard InChI is InChI=1S/C30H40N4O2/c1-8-23-13-15-24(16-14-23)29(36)33(18-17-21(2)3)20-28(35)31-27-19-26(30(5,6)7)32-34(27)25-12-10-9-11-22(25)4/h9-16,19,21H,8,17-18,20H2,1-7H3,(H,31,35). The molecule has 2 amide bonds. The van der Waals surface area contributed by atoms with Gasteiger partial charge in [0, 0.05) is 23.6 Å². The second kappa shape index (κ2) is 11.5. The highest BCUT2D eigenvalue weighted by Crippen LogP contribution is 2.27. The van der Waals surface area contributed by atoms with Crippen LogP contribution in [0, 0.1) is 12.8 Å². The first-order valence-corrected chi connectivity index (χ1v) is 12.8. The molecule has 3 rings (SSSR count). The van der Waals surface area contributed by atoms with Crippen molar-refractivity contribution in [2.45, 2.75) is 66.7 Å². The number of para-hydroxylation sites is 1. The van der Waals surface area contributed by atoms with E-state index in [-0.39, 0.29) is 23.8 Å². The quantitative estimate of drug-likeness (QED) is 0.392. The average Bonchev–Trinajstić information content (AvgIpc) is 3.25. The zero-order valence-electron chi connectivity index (χ0n) is 22.8. The predicted octanol–water partition coefficient (Wildman–Crippen LogP) is 6.17. The van der Waals surface area contributed by atoms with Crippen LogP contribution < -0.4 is 5.32 Å². The van der Waals surface area contributed by atoms with Gasteiger partial charge in [-0.25, -0.2) is 4.68 Å². The third-order valence-corrected chi connectivity index (χ3v) is 6.30. The Morgan fingerprint density at radius 2 is 1.72 bits per heavy atom. The summed E-state index contributed by atoms with van der Waals surface area (Å²) in [6.07, 6.45) is 1.74. The highest BCUT2D eigenvalue weighted by molar-refractivity contribution is 5.99. The molecule has 3 aromatic rings. The summed E-state index contributed by atoms with van der Waals surface area (Å²) in [6, 6.07) is 17.5. The molecule has 0 unspecified atom stereocenters. The number of amides is 2. The Labute approximate surface area is 215 Å². The number of carbonyl (C=O) groups is 2. The summed E-state index contributed by atoms with van der Waals surface area (Å²) in [7, 11) is 0. The van der Waals surface area contributed by atoms with Crippen molar-refractivity contribution in [3.63, 3.8) is 0 Å². The number of aromatic nitrogens is 2. The Hall–Kier alpha value is -3.41. The molecular weight excluding hydrogens is 448 g/mol. The van der Waals surface area contributed by atoms with Crippen LogP contribution in [0.3, 0.4) is 0 Å². The zero-order valence-corrected chi connectivity index (χ0v) is 22.8. The summed E-state index contributed by atoms with van der Waals surface area (Å²) in [4.78, 5) is 28.3. The first kappa shape index (κ1) is 27.2. The molecule has 6 heteroatoms. The van der Waals surface area contributed by atoms with Gasteiger partial charge in [-0.1, -0.05) is 71.9 Å². The smallest absolute Gasteiger partial charge is 0.254 e. The molecule has 0 aliphatic rings. The fraction of sp³-hybridized carbons (Fsp3) is 0.433. The second-order valence-electron chi connectivity index (χ2n) is 10.9. The molecule has 192 valence electrons. The van der Waals surface area contributed by atoms with E-state index in [2.05, 4.69) is 46.9 Å². The number of anilines is 1. The minimum Gasteiger partial charge on any atom is -0.329 e. The van der Waals surface area contributed by atoms with Crippen LogP contribution in [0.1, 0.15) is 75.1 Å². The number of hydrogen-bond donors (Lipinski definition) is 1. The average molecular weight is 489 g/mol. The maximum atomic E-state index is 13.3. The second-order valence-corrected chi connectivity index (χ2v) is 10.9. The SMILES string of the molecule is CCc1ccc(C(=O)N(CCC(C)C)CC(=O)Nc2cc(C(C)(C)C)nn2-c2ccccc2C)cc1. The van der Waals surface area contributed by atoms with Crippen molar-refractivity contribution in [1.82, 2.24) is 14.7 Å². The van der Waals surface area contributed by atoms with Gasteiger partial charge in [0.15, 0.2) is 0 Å². The van der Waals surface area contributed by atoms with Crippen molar-refractivity contribution in [2.75, 3.05) is 18.4 Å². The molecule has 0 fully saturated rings. The Morgan fingerprint density at radius 3 is 2.31 bits per heavy atom. The predicted molar refractivity (Wildman–Crippen MR) is 147 cm³/mol. The van der Waals surface area contributed by atoms with E-state index in [9.17, 15) is 9.59 Å². The van der Waals surface area contributed by atoms with Crippen LogP contribution in [0.15, 0.2) is 54.6 Å². The Bertz CT molecular complexity index is 1190. The third kappa shape index (κ3) is 6.84. The van der Waals surface area contributed by atoms with E-state index in [0.29, 0.717) is 23.8 Å². The van der Waals surface area contributed by atoms with Gasteiger partial charge in [0.2, 0.25) is 5.91 Å². The van der Waals surface area contributed by atoms with Crippen LogP contribution in [-0.4, -0.2) is 39.6 Å². The largest absolute Gasteiger partial charge is 0.329 e. The number of carbonyl (C=O) groups excluding carboxylic acids is 2. The summed E-state index contributed by atoms with van der Waals surface area (Å²) < 4.78 is 1.79. The first-order chi connectivity index (χ1) is 17.0. The molecule has 6 nitrogen and oxygen atoms in total. The number of nitrogens with one attached hydrogen (secondary N) is 1. The molecule has 0 bridgehead atoms. The minimum absolute atomic E-state index is 0.0229.